The number of aliphatic carboxylic acids is 1. The van der Waals surface area contributed by atoms with Crippen LogP contribution in [-0.4, -0.2) is 44.7 Å². The summed E-state index contributed by atoms with van der Waals surface area (Å²) < 4.78 is 0. The van der Waals surface area contributed by atoms with Gasteiger partial charge in [0.15, 0.2) is 0 Å². The molecule has 35 heavy (non-hydrogen) atoms. The van der Waals surface area contributed by atoms with E-state index in [9.17, 15) is 25.2 Å². The Kier molecular flexibility index (Phi) is 5.56. The maximum absolute atomic E-state index is 12.8. The lowest BCUT2D eigenvalue weighted by molar-refractivity contribution is -0.225. The summed E-state index contributed by atoms with van der Waals surface area (Å²) in [6.45, 7) is 13.3. The van der Waals surface area contributed by atoms with E-state index in [1.165, 1.54) is 5.57 Å². The quantitative estimate of drug-likeness (QED) is 0.402. The number of carboxylic acids is 1. The number of rotatable bonds is 2. The summed E-state index contributed by atoms with van der Waals surface area (Å²) in [4.78, 5) is 12.8. The normalized spacial score (nSPS) is 57.7. The van der Waals surface area contributed by atoms with Crippen LogP contribution in [-0.2, 0) is 4.79 Å². The molecule has 5 aliphatic carbocycles. The van der Waals surface area contributed by atoms with Crippen molar-refractivity contribution in [2.24, 2.45) is 50.7 Å². The number of aliphatic hydroxyl groups excluding tert-OH is 2. The van der Waals surface area contributed by atoms with Crippen molar-refractivity contribution >= 4 is 5.97 Å². The molecule has 5 rings (SSSR count). The van der Waals surface area contributed by atoms with Gasteiger partial charge < -0.3 is 20.4 Å². The minimum Gasteiger partial charge on any atom is -0.481 e. The van der Waals surface area contributed by atoms with E-state index in [1.807, 2.05) is 6.92 Å². The molecule has 5 nitrogen and oxygen atoms in total. The SMILES string of the molecule is C[C@@H]1CC[C@]2(C(=O)O)CC[C@]3(C)C(=CC[C@@H]4[C@]5(C)CC[C@H](O)[C@](C)(CO)[C@@H]5CC[C@@]43C)[C@H]2[C@@]1(C)O. The lowest BCUT2D eigenvalue weighted by Gasteiger charge is -2.71. The first-order chi connectivity index (χ1) is 16.1. The largest absolute Gasteiger partial charge is 0.481 e. The van der Waals surface area contributed by atoms with Gasteiger partial charge in [-0.2, -0.15) is 0 Å². The second kappa shape index (κ2) is 7.57. The molecule has 4 fully saturated rings. The molecule has 0 aromatic heterocycles. The summed E-state index contributed by atoms with van der Waals surface area (Å²) in [5.41, 5.74) is -1.35. The molecule has 5 heteroatoms. The summed E-state index contributed by atoms with van der Waals surface area (Å²) in [6.07, 6.45) is 9.32. The Labute approximate surface area is 211 Å². The number of hydrogen-bond acceptors (Lipinski definition) is 4. The van der Waals surface area contributed by atoms with Crippen molar-refractivity contribution < 1.29 is 25.2 Å². The van der Waals surface area contributed by atoms with Crippen LogP contribution in [0.3, 0.4) is 0 Å². The van der Waals surface area contributed by atoms with Crippen molar-refractivity contribution in [2.45, 2.75) is 111 Å². The van der Waals surface area contributed by atoms with Gasteiger partial charge in [0.2, 0.25) is 0 Å². The third-order valence-electron chi connectivity index (χ3n) is 13.6. The van der Waals surface area contributed by atoms with Crippen LogP contribution < -0.4 is 0 Å². The van der Waals surface area contributed by atoms with E-state index in [4.69, 9.17) is 0 Å². The number of carboxylic acid groups (broad SMARTS) is 1. The first-order valence-corrected chi connectivity index (χ1v) is 14.1. The van der Waals surface area contributed by atoms with Crippen molar-refractivity contribution in [1.29, 1.82) is 0 Å². The van der Waals surface area contributed by atoms with Gasteiger partial charge in [-0.25, -0.2) is 0 Å². The molecule has 0 heterocycles. The van der Waals surface area contributed by atoms with Gasteiger partial charge in [0.05, 0.1) is 23.7 Å². The number of allylic oxidation sites excluding steroid dienone is 1. The Morgan fingerprint density at radius 1 is 0.971 bits per heavy atom. The Hall–Kier alpha value is -0.910. The molecule has 0 bridgehead atoms. The Balaban J connectivity index is 1.64. The average molecular weight is 489 g/mol. The van der Waals surface area contributed by atoms with Gasteiger partial charge in [0.25, 0.3) is 0 Å². The second-order valence-corrected chi connectivity index (χ2v) is 14.6. The standard InChI is InChI=1S/C30H48O5/c1-18-9-14-30(24(33)34)16-15-27(4)19(23(30)29(18,6)35)7-8-21-25(2)12-11-22(32)26(3,17-31)20(25)10-13-28(21,27)5/h7,18,20-23,31-32,35H,8-17H2,1-6H3,(H,33,34)/t18-,20-,21-,22+,23+,25-,26-,27-,28+,29+,30+/m1/s1. The fourth-order valence-electron chi connectivity index (χ4n) is 10.9. The summed E-state index contributed by atoms with van der Waals surface area (Å²) >= 11 is 0. The highest BCUT2D eigenvalue weighted by molar-refractivity contribution is 5.77. The molecular weight excluding hydrogens is 440 g/mol. The number of aliphatic hydroxyl groups is 3. The van der Waals surface area contributed by atoms with Gasteiger partial charge >= 0.3 is 5.97 Å². The van der Waals surface area contributed by atoms with Crippen LogP contribution in [0.2, 0.25) is 0 Å². The minimum atomic E-state index is -1.04. The summed E-state index contributed by atoms with van der Waals surface area (Å²) in [5, 5.41) is 43.8. The topological polar surface area (TPSA) is 98.0 Å². The molecule has 0 aliphatic heterocycles. The number of fused-ring (bicyclic) bond motifs is 7. The summed E-state index contributed by atoms with van der Waals surface area (Å²) in [6, 6.07) is 0. The third kappa shape index (κ3) is 2.90. The second-order valence-electron chi connectivity index (χ2n) is 14.6. The Morgan fingerprint density at radius 2 is 1.66 bits per heavy atom. The predicted molar refractivity (Wildman–Crippen MR) is 135 cm³/mol. The molecule has 0 aromatic carbocycles. The number of hydrogen-bond donors (Lipinski definition) is 4. The fraction of sp³-hybridized carbons (Fsp3) is 0.900. The smallest absolute Gasteiger partial charge is 0.310 e. The molecule has 0 aromatic rings. The molecule has 4 saturated carbocycles. The predicted octanol–water partition coefficient (Wildman–Crippen LogP) is 5.18. The van der Waals surface area contributed by atoms with Crippen molar-refractivity contribution in [3.63, 3.8) is 0 Å². The van der Waals surface area contributed by atoms with Gasteiger partial charge in [0.1, 0.15) is 0 Å². The van der Waals surface area contributed by atoms with Gasteiger partial charge in [0, 0.05) is 11.3 Å². The summed E-state index contributed by atoms with van der Waals surface area (Å²) in [7, 11) is 0. The Morgan fingerprint density at radius 3 is 2.29 bits per heavy atom. The maximum Gasteiger partial charge on any atom is 0.310 e. The zero-order valence-electron chi connectivity index (χ0n) is 22.7. The molecule has 0 radical (unpaired) electrons. The van der Waals surface area contributed by atoms with Crippen LogP contribution in [0.15, 0.2) is 11.6 Å². The molecule has 198 valence electrons. The average Bonchev–Trinajstić information content (AvgIpc) is 2.79. The van der Waals surface area contributed by atoms with E-state index in [0.717, 1.165) is 44.9 Å². The zero-order chi connectivity index (χ0) is 25.8. The van der Waals surface area contributed by atoms with Crippen LogP contribution in [0, 0.1) is 50.7 Å². The highest BCUT2D eigenvalue weighted by Crippen LogP contribution is 2.76. The van der Waals surface area contributed by atoms with Crippen molar-refractivity contribution in [1.82, 2.24) is 0 Å². The van der Waals surface area contributed by atoms with Crippen LogP contribution in [0.25, 0.3) is 0 Å². The molecule has 11 atom stereocenters. The fourth-order valence-corrected chi connectivity index (χ4v) is 10.9. The van der Waals surface area contributed by atoms with E-state index in [2.05, 4.69) is 40.7 Å². The van der Waals surface area contributed by atoms with Crippen molar-refractivity contribution in [3.8, 4) is 0 Å². The van der Waals surface area contributed by atoms with Gasteiger partial charge in [-0.05, 0) is 98.7 Å². The van der Waals surface area contributed by atoms with Crippen LogP contribution in [0.1, 0.15) is 99.3 Å². The van der Waals surface area contributed by atoms with Gasteiger partial charge in [-0.1, -0.05) is 46.3 Å². The maximum atomic E-state index is 12.8. The number of carbonyl (C=O) groups is 1. The Bertz CT molecular complexity index is 941. The van der Waals surface area contributed by atoms with E-state index in [-0.39, 0.29) is 40.6 Å². The van der Waals surface area contributed by atoms with Gasteiger partial charge in [-0.15, -0.1) is 0 Å². The monoisotopic (exact) mass is 488 g/mol. The molecule has 0 unspecified atom stereocenters. The van der Waals surface area contributed by atoms with E-state index >= 15 is 0 Å². The first kappa shape index (κ1) is 25.7. The highest BCUT2D eigenvalue weighted by atomic mass is 16.4. The lowest BCUT2D eigenvalue weighted by atomic mass is 9.33. The molecular formula is C30H48O5. The zero-order valence-corrected chi connectivity index (χ0v) is 22.7. The van der Waals surface area contributed by atoms with Crippen LogP contribution in [0.5, 0.6) is 0 Å². The van der Waals surface area contributed by atoms with Crippen LogP contribution >= 0.6 is 0 Å². The first-order valence-electron chi connectivity index (χ1n) is 14.1. The van der Waals surface area contributed by atoms with Gasteiger partial charge in [-0.3, -0.25) is 4.79 Å². The molecule has 4 N–H and O–H groups in total. The van der Waals surface area contributed by atoms with E-state index in [0.29, 0.717) is 18.8 Å². The minimum absolute atomic E-state index is 0.0115. The molecule has 5 aliphatic rings. The third-order valence-corrected chi connectivity index (χ3v) is 13.6. The van der Waals surface area contributed by atoms with E-state index < -0.39 is 28.5 Å². The van der Waals surface area contributed by atoms with Crippen molar-refractivity contribution in [3.05, 3.63) is 11.6 Å². The molecule has 0 saturated heterocycles. The lowest BCUT2D eigenvalue weighted by Crippen LogP contribution is -2.68. The van der Waals surface area contributed by atoms with E-state index in [1.54, 1.807) is 0 Å². The van der Waals surface area contributed by atoms with Crippen LogP contribution in [0.4, 0.5) is 0 Å². The molecule has 0 amide bonds. The van der Waals surface area contributed by atoms with Crippen molar-refractivity contribution in [2.75, 3.05) is 6.61 Å². The molecule has 0 spiro atoms. The summed E-state index contributed by atoms with van der Waals surface area (Å²) in [5.74, 6) is -0.356. The highest BCUT2D eigenvalue weighted by Gasteiger charge is 2.71.